The molecule has 100 valence electrons. The van der Waals surface area contributed by atoms with E-state index < -0.39 is 0 Å². The largest absolute Gasteiger partial charge is 0.489 e. The molecule has 19 heavy (non-hydrogen) atoms. The third-order valence-electron chi connectivity index (χ3n) is 2.57. The Morgan fingerprint density at radius 3 is 2.53 bits per heavy atom. The highest BCUT2D eigenvalue weighted by Gasteiger charge is 2.15. The molecule has 0 spiro atoms. The first kappa shape index (κ1) is 13.4. The van der Waals surface area contributed by atoms with Crippen molar-refractivity contribution in [2.75, 3.05) is 7.05 Å². The number of nitrogens with one attached hydrogen (secondary N) is 1. The van der Waals surface area contributed by atoms with E-state index in [-0.39, 0.29) is 12.1 Å². The lowest BCUT2D eigenvalue weighted by Crippen LogP contribution is -2.20. The average molecular weight is 258 g/mol. The Morgan fingerprint density at radius 1 is 1.16 bits per heavy atom. The smallest absolute Gasteiger partial charge is 0.149 e. The molecule has 0 aliphatic carbocycles. The summed E-state index contributed by atoms with van der Waals surface area (Å²) in [5, 5.41) is 3.19. The molecule has 1 atom stereocenters. The van der Waals surface area contributed by atoms with Crippen molar-refractivity contribution in [1.82, 2.24) is 20.3 Å². The molecule has 0 amide bonds. The van der Waals surface area contributed by atoms with Crippen molar-refractivity contribution in [2.45, 2.75) is 26.0 Å². The fourth-order valence-electron chi connectivity index (χ4n) is 1.83. The van der Waals surface area contributed by atoms with Gasteiger partial charge in [0, 0.05) is 18.6 Å². The highest BCUT2D eigenvalue weighted by atomic mass is 16.5. The Hall–Kier alpha value is -2.01. The molecule has 0 fully saturated rings. The molecule has 0 aromatic carbocycles. The van der Waals surface area contributed by atoms with Gasteiger partial charge in [-0.2, -0.15) is 0 Å². The lowest BCUT2D eigenvalue weighted by Gasteiger charge is -2.16. The summed E-state index contributed by atoms with van der Waals surface area (Å²) < 4.78 is 5.65. The SMILES string of the molecule is CNC(c1cncc(OC(C)C)c1)c1ncccn1. The van der Waals surface area contributed by atoms with Crippen LogP contribution in [0.4, 0.5) is 0 Å². The lowest BCUT2D eigenvalue weighted by atomic mass is 10.1. The van der Waals surface area contributed by atoms with Gasteiger partial charge < -0.3 is 10.1 Å². The predicted octanol–water partition coefficient (Wildman–Crippen LogP) is 1.97. The van der Waals surface area contributed by atoms with Gasteiger partial charge in [0.25, 0.3) is 0 Å². The van der Waals surface area contributed by atoms with Crippen molar-refractivity contribution in [1.29, 1.82) is 0 Å². The standard InChI is InChI=1S/C14H18N4O/c1-10(2)19-12-7-11(8-16-9-12)13(15-3)14-17-5-4-6-18-14/h4-10,13,15H,1-3H3. The quantitative estimate of drug-likeness (QED) is 0.888. The fourth-order valence-corrected chi connectivity index (χ4v) is 1.83. The third kappa shape index (κ3) is 3.48. The highest BCUT2D eigenvalue weighted by molar-refractivity contribution is 5.29. The minimum atomic E-state index is -0.0931. The molecule has 2 aromatic heterocycles. The van der Waals surface area contributed by atoms with E-state index in [9.17, 15) is 0 Å². The fraction of sp³-hybridized carbons (Fsp3) is 0.357. The van der Waals surface area contributed by atoms with E-state index in [1.807, 2.05) is 27.0 Å². The van der Waals surface area contributed by atoms with Crippen molar-refractivity contribution in [2.24, 2.45) is 0 Å². The van der Waals surface area contributed by atoms with Gasteiger partial charge in [0.05, 0.1) is 18.3 Å². The summed E-state index contributed by atoms with van der Waals surface area (Å²) in [5.41, 5.74) is 0.979. The van der Waals surface area contributed by atoms with Crippen LogP contribution in [0.25, 0.3) is 0 Å². The van der Waals surface area contributed by atoms with Crippen LogP contribution in [0.1, 0.15) is 31.3 Å². The molecule has 0 aliphatic rings. The zero-order valence-electron chi connectivity index (χ0n) is 11.4. The summed E-state index contributed by atoms with van der Waals surface area (Å²) in [6.45, 7) is 3.98. The minimum Gasteiger partial charge on any atom is -0.489 e. The van der Waals surface area contributed by atoms with Crippen LogP contribution < -0.4 is 10.1 Å². The third-order valence-corrected chi connectivity index (χ3v) is 2.57. The number of ether oxygens (including phenoxy) is 1. The van der Waals surface area contributed by atoms with E-state index >= 15 is 0 Å². The molecule has 0 radical (unpaired) electrons. The van der Waals surface area contributed by atoms with E-state index in [2.05, 4.69) is 20.3 Å². The van der Waals surface area contributed by atoms with Gasteiger partial charge in [-0.05, 0) is 38.6 Å². The first-order valence-electron chi connectivity index (χ1n) is 6.26. The highest BCUT2D eigenvalue weighted by Crippen LogP contribution is 2.21. The van der Waals surface area contributed by atoms with Gasteiger partial charge in [0.15, 0.2) is 0 Å². The normalized spacial score (nSPS) is 12.4. The molecule has 1 N–H and O–H groups in total. The Kier molecular flexibility index (Phi) is 4.41. The zero-order valence-corrected chi connectivity index (χ0v) is 11.4. The van der Waals surface area contributed by atoms with Gasteiger partial charge in [-0.1, -0.05) is 0 Å². The van der Waals surface area contributed by atoms with E-state index in [1.165, 1.54) is 0 Å². The summed E-state index contributed by atoms with van der Waals surface area (Å²) in [4.78, 5) is 12.8. The number of nitrogens with zero attached hydrogens (tertiary/aromatic N) is 3. The molecule has 1 unspecified atom stereocenters. The van der Waals surface area contributed by atoms with E-state index in [4.69, 9.17) is 4.74 Å². The van der Waals surface area contributed by atoms with Gasteiger partial charge in [-0.15, -0.1) is 0 Å². The van der Waals surface area contributed by atoms with Crippen LogP contribution >= 0.6 is 0 Å². The van der Waals surface area contributed by atoms with Gasteiger partial charge in [0.1, 0.15) is 11.6 Å². The number of aromatic nitrogens is 3. The van der Waals surface area contributed by atoms with Gasteiger partial charge in [-0.25, -0.2) is 9.97 Å². The summed E-state index contributed by atoms with van der Waals surface area (Å²) in [7, 11) is 1.87. The maximum Gasteiger partial charge on any atom is 0.149 e. The van der Waals surface area contributed by atoms with Crippen LogP contribution in [0, 0.1) is 0 Å². The molecule has 0 bridgehead atoms. The molecular weight excluding hydrogens is 240 g/mol. The average Bonchev–Trinajstić information content (AvgIpc) is 2.40. The molecule has 2 rings (SSSR count). The molecule has 0 aliphatic heterocycles. The van der Waals surface area contributed by atoms with E-state index in [0.717, 1.165) is 11.3 Å². The van der Waals surface area contributed by atoms with Crippen LogP contribution in [0.2, 0.25) is 0 Å². The Bertz CT molecular complexity index is 516. The monoisotopic (exact) mass is 258 g/mol. The molecule has 2 aromatic rings. The summed E-state index contributed by atoms with van der Waals surface area (Å²) >= 11 is 0. The van der Waals surface area contributed by atoms with Crippen LogP contribution in [-0.2, 0) is 0 Å². The molecular formula is C14H18N4O. The summed E-state index contributed by atoms with van der Waals surface area (Å²) in [5.74, 6) is 1.47. The zero-order chi connectivity index (χ0) is 13.7. The second-order valence-corrected chi connectivity index (χ2v) is 4.45. The Balaban J connectivity index is 2.28. The lowest BCUT2D eigenvalue weighted by molar-refractivity contribution is 0.241. The molecule has 5 heteroatoms. The number of rotatable bonds is 5. The number of hydrogen-bond acceptors (Lipinski definition) is 5. The van der Waals surface area contributed by atoms with Gasteiger partial charge in [-0.3, -0.25) is 4.98 Å². The number of hydrogen-bond donors (Lipinski definition) is 1. The van der Waals surface area contributed by atoms with Crippen LogP contribution in [-0.4, -0.2) is 28.1 Å². The maximum atomic E-state index is 5.65. The first-order valence-corrected chi connectivity index (χ1v) is 6.26. The predicted molar refractivity (Wildman–Crippen MR) is 72.9 cm³/mol. The maximum absolute atomic E-state index is 5.65. The van der Waals surface area contributed by atoms with Gasteiger partial charge >= 0.3 is 0 Å². The summed E-state index contributed by atoms with van der Waals surface area (Å²) in [6.07, 6.45) is 7.09. The first-order chi connectivity index (χ1) is 9.20. The minimum absolute atomic E-state index is 0.0931. The van der Waals surface area contributed by atoms with E-state index in [1.54, 1.807) is 30.9 Å². The van der Waals surface area contributed by atoms with Crippen molar-refractivity contribution in [3.8, 4) is 5.75 Å². The van der Waals surface area contributed by atoms with E-state index in [0.29, 0.717) is 5.82 Å². The van der Waals surface area contributed by atoms with Crippen LogP contribution in [0.3, 0.4) is 0 Å². The second-order valence-electron chi connectivity index (χ2n) is 4.45. The topological polar surface area (TPSA) is 59.9 Å². The Morgan fingerprint density at radius 2 is 1.89 bits per heavy atom. The van der Waals surface area contributed by atoms with Crippen molar-refractivity contribution >= 4 is 0 Å². The molecule has 5 nitrogen and oxygen atoms in total. The van der Waals surface area contributed by atoms with Crippen LogP contribution in [0.15, 0.2) is 36.9 Å². The summed E-state index contributed by atoms with van der Waals surface area (Å²) in [6, 6.07) is 3.67. The molecule has 0 saturated heterocycles. The molecule has 0 saturated carbocycles. The second kappa shape index (κ2) is 6.24. The number of pyridine rings is 1. The van der Waals surface area contributed by atoms with Crippen molar-refractivity contribution in [3.05, 3.63) is 48.3 Å². The van der Waals surface area contributed by atoms with Crippen LogP contribution in [0.5, 0.6) is 5.75 Å². The van der Waals surface area contributed by atoms with Crippen molar-refractivity contribution in [3.63, 3.8) is 0 Å². The van der Waals surface area contributed by atoms with Crippen molar-refractivity contribution < 1.29 is 4.74 Å². The Labute approximate surface area is 113 Å². The molecule has 2 heterocycles. The van der Waals surface area contributed by atoms with Gasteiger partial charge in [0.2, 0.25) is 0 Å².